The first-order valence-corrected chi connectivity index (χ1v) is 12.8. The van der Waals surface area contributed by atoms with Crippen molar-refractivity contribution in [2.24, 2.45) is 0 Å². The van der Waals surface area contributed by atoms with Crippen LogP contribution >= 0.6 is 11.6 Å². The highest BCUT2D eigenvalue weighted by Crippen LogP contribution is 2.30. The van der Waals surface area contributed by atoms with Crippen LogP contribution in [0.25, 0.3) is 22.3 Å². The molecule has 3 heterocycles. The second-order valence-corrected chi connectivity index (χ2v) is 11.0. The van der Waals surface area contributed by atoms with Crippen LogP contribution < -0.4 is 0 Å². The summed E-state index contributed by atoms with van der Waals surface area (Å²) in [5.74, 6) is 1.05. The molecule has 2 aromatic heterocycles. The predicted molar refractivity (Wildman–Crippen MR) is 127 cm³/mol. The molecule has 1 atom stereocenters. The zero-order chi connectivity index (χ0) is 23.2. The number of aryl methyl sites for hydroxylation is 1. The third kappa shape index (κ3) is 4.30. The number of benzene rings is 2. The molecule has 1 unspecified atom stereocenters. The van der Waals surface area contributed by atoms with Crippen LogP contribution in [0.15, 0.2) is 69.5 Å². The first-order valence-electron chi connectivity index (χ1n) is 10.6. The number of rotatable bonds is 5. The Labute approximate surface area is 196 Å². The van der Waals surface area contributed by atoms with E-state index in [1.54, 1.807) is 23.1 Å². The van der Waals surface area contributed by atoms with Crippen molar-refractivity contribution >= 4 is 38.3 Å². The number of carbonyl (C=O) groups excluding carboxylic acids is 1. The average molecular weight is 484 g/mol. The molecule has 1 saturated heterocycles. The van der Waals surface area contributed by atoms with E-state index in [4.69, 9.17) is 20.4 Å². The van der Waals surface area contributed by atoms with Crippen molar-refractivity contribution in [1.82, 2.24) is 4.90 Å². The van der Waals surface area contributed by atoms with Gasteiger partial charge in [0.1, 0.15) is 17.1 Å². The molecule has 33 heavy (non-hydrogen) atoms. The highest BCUT2D eigenvalue weighted by molar-refractivity contribution is 7.91. The molecule has 1 aliphatic heterocycles. The van der Waals surface area contributed by atoms with Gasteiger partial charge in [-0.05, 0) is 43.7 Å². The standard InChI is InChI=1S/C25H22ClNO5S/c1-16-21-7-2-3-8-23(21)32-24(16)25(28)27(19-11-12-33(29,30)15-19)14-20-9-10-22(31-20)17-5-4-6-18(26)13-17/h2-10,13,19H,11-12,14-15H2,1H3. The Balaban J connectivity index is 1.49. The van der Waals surface area contributed by atoms with Crippen molar-refractivity contribution in [2.75, 3.05) is 11.5 Å². The second-order valence-electron chi connectivity index (χ2n) is 8.32. The summed E-state index contributed by atoms with van der Waals surface area (Å²) in [5.41, 5.74) is 2.18. The number of hydrogen-bond acceptors (Lipinski definition) is 5. The fraction of sp³-hybridized carbons (Fsp3) is 0.240. The first-order chi connectivity index (χ1) is 15.8. The van der Waals surface area contributed by atoms with Crippen LogP contribution in [0, 0.1) is 6.92 Å². The van der Waals surface area contributed by atoms with E-state index >= 15 is 0 Å². The van der Waals surface area contributed by atoms with Gasteiger partial charge in [0.15, 0.2) is 15.6 Å². The lowest BCUT2D eigenvalue weighted by Gasteiger charge is -2.26. The van der Waals surface area contributed by atoms with Crippen molar-refractivity contribution in [1.29, 1.82) is 0 Å². The van der Waals surface area contributed by atoms with E-state index < -0.39 is 15.9 Å². The van der Waals surface area contributed by atoms with Crippen molar-refractivity contribution in [2.45, 2.75) is 25.9 Å². The van der Waals surface area contributed by atoms with E-state index in [0.29, 0.717) is 28.5 Å². The third-order valence-electron chi connectivity index (χ3n) is 6.04. The Morgan fingerprint density at radius 1 is 1.09 bits per heavy atom. The van der Waals surface area contributed by atoms with Gasteiger partial charge in [0.25, 0.3) is 5.91 Å². The van der Waals surface area contributed by atoms with Crippen LogP contribution in [0.2, 0.25) is 5.02 Å². The zero-order valence-corrected chi connectivity index (χ0v) is 19.5. The normalized spacial score (nSPS) is 17.5. The number of para-hydroxylation sites is 1. The summed E-state index contributed by atoms with van der Waals surface area (Å²) >= 11 is 6.09. The molecular formula is C25H22ClNO5S. The molecule has 8 heteroatoms. The van der Waals surface area contributed by atoms with Gasteiger partial charge >= 0.3 is 0 Å². The molecule has 4 aromatic rings. The summed E-state index contributed by atoms with van der Waals surface area (Å²) in [4.78, 5) is 15.2. The summed E-state index contributed by atoms with van der Waals surface area (Å²) < 4.78 is 36.3. The highest BCUT2D eigenvalue weighted by Gasteiger charge is 2.37. The number of nitrogens with zero attached hydrogens (tertiary/aromatic N) is 1. The zero-order valence-electron chi connectivity index (χ0n) is 18.0. The van der Waals surface area contributed by atoms with Crippen LogP contribution in [0.3, 0.4) is 0 Å². The molecular weight excluding hydrogens is 462 g/mol. The summed E-state index contributed by atoms with van der Waals surface area (Å²) in [6, 6.07) is 17.9. The Morgan fingerprint density at radius 3 is 2.64 bits per heavy atom. The van der Waals surface area contributed by atoms with Crippen LogP contribution in [0.4, 0.5) is 0 Å². The molecule has 1 amide bonds. The van der Waals surface area contributed by atoms with E-state index in [1.165, 1.54) is 0 Å². The largest absolute Gasteiger partial charge is 0.459 e. The number of fused-ring (bicyclic) bond motifs is 1. The molecule has 0 N–H and O–H groups in total. The van der Waals surface area contributed by atoms with Crippen molar-refractivity contribution in [3.05, 3.63) is 82.8 Å². The summed E-state index contributed by atoms with van der Waals surface area (Å²) in [7, 11) is -3.20. The molecule has 1 fully saturated rings. The fourth-order valence-electron chi connectivity index (χ4n) is 4.32. The maximum Gasteiger partial charge on any atom is 0.290 e. The van der Waals surface area contributed by atoms with Gasteiger partial charge in [-0.3, -0.25) is 4.79 Å². The van der Waals surface area contributed by atoms with Gasteiger partial charge in [-0.15, -0.1) is 0 Å². The Bertz CT molecular complexity index is 1450. The molecule has 0 radical (unpaired) electrons. The lowest BCUT2D eigenvalue weighted by Crippen LogP contribution is -2.40. The molecule has 6 nitrogen and oxygen atoms in total. The van der Waals surface area contributed by atoms with E-state index in [1.807, 2.05) is 49.4 Å². The summed E-state index contributed by atoms with van der Waals surface area (Å²) in [6.07, 6.45) is 0.384. The smallest absolute Gasteiger partial charge is 0.290 e. The maximum absolute atomic E-state index is 13.6. The molecule has 0 bridgehead atoms. The Morgan fingerprint density at radius 2 is 1.91 bits per heavy atom. The van der Waals surface area contributed by atoms with Crippen molar-refractivity contribution in [3.63, 3.8) is 0 Å². The minimum absolute atomic E-state index is 0.0620. The molecule has 1 aliphatic rings. The van der Waals surface area contributed by atoms with Gasteiger partial charge in [-0.25, -0.2) is 8.42 Å². The number of hydrogen-bond donors (Lipinski definition) is 0. The van der Waals surface area contributed by atoms with E-state index in [-0.39, 0.29) is 29.7 Å². The second kappa shape index (κ2) is 8.39. The van der Waals surface area contributed by atoms with Crippen LogP contribution in [-0.4, -0.2) is 36.8 Å². The first kappa shape index (κ1) is 21.8. The summed E-state index contributed by atoms with van der Waals surface area (Å²) in [5, 5.41) is 1.46. The van der Waals surface area contributed by atoms with Gasteiger partial charge in [0, 0.05) is 27.6 Å². The number of amides is 1. The van der Waals surface area contributed by atoms with Gasteiger partial charge in [0.05, 0.1) is 18.1 Å². The van der Waals surface area contributed by atoms with Crippen LogP contribution in [-0.2, 0) is 16.4 Å². The Kier molecular flexibility index (Phi) is 5.54. The van der Waals surface area contributed by atoms with E-state index in [9.17, 15) is 13.2 Å². The molecule has 5 rings (SSSR count). The van der Waals surface area contributed by atoms with Gasteiger partial charge in [-0.2, -0.15) is 0 Å². The minimum Gasteiger partial charge on any atom is -0.459 e. The number of carbonyl (C=O) groups is 1. The molecule has 0 saturated carbocycles. The molecule has 2 aromatic carbocycles. The minimum atomic E-state index is -3.20. The lowest BCUT2D eigenvalue weighted by molar-refractivity contribution is 0.0635. The topological polar surface area (TPSA) is 80.7 Å². The number of halogens is 1. The van der Waals surface area contributed by atoms with E-state index in [0.717, 1.165) is 16.5 Å². The molecule has 170 valence electrons. The molecule has 0 aliphatic carbocycles. The molecule has 0 spiro atoms. The summed E-state index contributed by atoms with van der Waals surface area (Å²) in [6.45, 7) is 1.98. The Hall–Kier alpha value is -3.03. The highest BCUT2D eigenvalue weighted by atomic mass is 35.5. The lowest BCUT2D eigenvalue weighted by atomic mass is 10.1. The fourth-order valence-corrected chi connectivity index (χ4v) is 6.25. The third-order valence-corrected chi connectivity index (χ3v) is 8.03. The monoisotopic (exact) mass is 483 g/mol. The quantitative estimate of drug-likeness (QED) is 0.375. The van der Waals surface area contributed by atoms with E-state index in [2.05, 4.69) is 0 Å². The van der Waals surface area contributed by atoms with Gasteiger partial charge in [-0.1, -0.05) is 41.9 Å². The predicted octanol–water partition coefficient (Wildman–Crippen LogP) is 5.48. The maximum atomic E-state index is 13.6. The van der Waals surface area contributed by atoms with Crippen molar-refractivity contribution < 1.29 is 22.0 Å². The van der Waals surface area contributed by atoms with Gasteiger partial charge < -0.3 is 13.7 Å². The van der Waals surface area contributed by atoms with Crippen LogP contribution in [0.5, 0.6) is 0 Å². The SMILES string of the molecule is Cc1c(C(=O)N(Cc2ccc(-c3cccc(Cl)c3)o2)C2CCS(=O)(=O)C2)oc2ccccc12. The number of furan rings is 2. The van der Waals surface area contributed by atoms with Crippen molar-refractivity contribution in [3.8, 4) is 11.3 Å². The van der Waals surface area contributed by atoms with Crippen LogP contribution in [0.1, 0.15) is 28.3 Å². The van der Waals surface area contributed by atoms with Gasteiger partial charge in [0.2, 0.25) is 0 Å². The average Bonchev–Trinajstić information content (AvgIpc) is 3.49. The number of sulfone groups is 1.